The Kier molecular flexibility index (Phi) is 2.82. The molecule has 72 valence electrons. The number of nitriles is 1. The number of benzene rings is 1. The highest BCUT2D eigenvalue weighted by atomic mass is 19.1. The number of methoxy groups -OCH3 is 1. The predicted octanol–water partition coefficient (Wildman–Crippen LogP) is 1.79. The minimum Gasteiger partial charge on any atom is -0.465 e. The van der Waals surface area contributed by atoms with Crippen LogP contribution in [0.4, 0.5) is 4.39 Å². The molecule has 0 heterocycles. The maximum absolute atomic E-state index is 13.0. The minimum absolute atomic E-state index is 0.118. The Bertz CT molecular complexity index is 421. The van der Waals surface area contributed by atoms with Crippen LogP contribution in [0, 0.1) is 24.1 Å². The van der Waals surface area contributed by atoms with Crippen LogP contribution in [0.2, 0.25) is 0 Å². The molecule has 0 bridgehead atoms. The molecule has 0 amide bonds. The van der Waals surface area contributed by atoms with Gasteiger partial charge in [0.25, 0.3) is 0 Å². The summed E-state index contributed by atoms with van der Waals surface area (Å²) in [5, 5.41) is 8.64. The fraction of sp³-hybridized carbons (Fsp3) is 0.200. The quantitative estimate of drug-likeness (QED) is 0.639. The van der Waals surface area contributed by atoms with E-state index >= 15 is 0 Å². The highest BCUT2D eigenvalue weighted by Crippen LogP contribution is 2.17. The number of hydrogen-bond donors (Lipinski definition) is 0. The molecular weight excluding hydrogens is 185 g/mol. The molecule has 0 atom stereocenters. The number of halogens is 1. The highest BCUT2D eigenvalue weighted by Gasteiger charge is 2.14. The largest absolute Gasteiger partial charge is 0.465 e. The van der Waals surface area contributed by atoms with E-state index in [1.165, 1.54) is 20.1 Å². The fourth-order valence-corrected chi connectivity index (χ4v) is 1.15. The lowest BCUT2D eigenvalue weighted by Gasteiger charge is -2.05. The maximum atomic E-state index is 13.0. The van der Waals surface area contributed by atoms with E-state index in [2.05, 4.69) is 4.74 Å². The van der Waals surface area contributed by atoms with E-state index in [1.807, 2.05) is 0 Å². The topological polar surface area (TPSA) is 50.1 Å². The summed E-state index contributed by atoms with van der Waals surface area (Å²) in [6.45, 7) is 1.51. The van der Waals surface area contributed by atoms with Crippen LogP contribution in [0.3, 0.4) is 0 Å². The Labute approximate surface area is 80.7 Å². The average Bonchev–Trinajstić information content (AvgIpc) is 2.18. The van der Waals surface area contributed by atoms with E-state index in [0.29, 0.717) is 5.56 Å². The third-order valence-corrected chi connectivity index (χ3v) is 1.93. The standard InChI is InChI=1S/C10H8FNO2/c1-6-7(10(13)14-2)3-4-9(11)8(6)5-12/h3-4H,1-2H3. The van der Waals surface area contributed by atoms with Crippen molar-refractivity contribution in [1.82, 2.24) is 0 Å². The number of nitrogens with zero attached hydrogens (tertiary/aromatic N) is 1. The number of esters is 1. The zero-order chi connectivity index (χ0) is 10.7. The predicted molar refractivity (Wildman–Crippen MR) is 47.2 cm³/mol. The number of carbonyl (C=O) groups excluding carboxylic acids is 1. The molecule has 3 nitrogen and oxygen atoms in total. The first-order chi connectivity index (χ1) is 6.61. The molecule has 0 aliphatic rings. The Morgan fingerprint density at radius 3 is 2.71 bits per heavy atom. The van der Waals surface area contributed by atoms with E-state index in [0.717, 1.165) is 6.07 Å². The third kappa shape index (κ3) is 1.57. The molecule has 0 aromatic heterocycles. The second kappa shape index (κ2) is 3.88. The van der Waals surface area contributed by atoms with Gasteiger partial charge < -0.3 is 4.74 Å². The smallest absolute Gasteiger partial charge is 0.338 e. The van der Waals surface area contributed by atoms with Crippen LogP contribution in [0.25, 0.3) is 0 Å². The second-order valence-corrected chi connectivity index (χ2v) is 2.70. The first-order valence-corrected chi connectivity index (χ1v) is 3.89. The van der Waals surface area contributed by atoms with Gasteiger partial charge in [0.1, 0.15) is 11.9 Å². The maximum Gasteiger partial charge on any atom is 0.338 e. The lowest BCUT2D eigenvalue weighted by molar-refractivity contribution is 0.0600. The lowest BCUT2D eigenvalue weighted by Crippen LogP contribution is -2.06. The molecule has 14 heavy (non-hydrogen) atoms. The number of ether oxygens (including phenoxy) is 1. The molecule has 0 unspecified atom stereocenters. The van der Waals surface area contributed by atoms with Crippen molar-refractivity contribution < 1.29 is 13.9 Å². The van der Waals surface area contributed by atoms with Gasteiger partial charge in [0.2, 0.25) is 0 Å². The van der Waals surface area contributed by atoms with E-state index in [4.69, 9.17) is 5.26 Å². The van der Waals surface area contributed by atoms with Gasteiger partial charge in [-0.05, 0) is 24.6 Å². The van der Waals surface area contributed by atoms with E-state index in [9.17, 15) is 9.18 Å². The molecule has 0 aliphatic carbocycles. The molecule has 1 rings (SSSR count). The molecule has 1 aromatic carbocycles. The van der Waals surface area contributed by atoms with Crippen LogP contribution < -0.4 is 0 Å². The summed E-state index contributed by atoms with van der Waals surface area (Å²) in [6.07, 6.45) is 0. The van der Waals surface area contributed by atoms with Gasteiger partial charge in [-0.3, -0.25) is 0 Å². The van der Waals surface area contributed by atoms with Crippen molar-refractivity contribution in [2.45, 2.75) is 6.92 Å². The normalized spacial score (nSPS) is 9.29. The molecule has 0 fully saturated rings. The minimum atomic E-state index is -0.627. The summed E-state index contributed by atoms with van der Waals surface area (Å²) in [6, 6.07) is 4.08. The summed E-state index contributed by atoms with van der Waals surface area (Å²) < 4.78 is 17.5. The molecule has 0 saturated heterocycles. The van der Waals surface area contributed by atoms with Gasteiger partial charge in [0, 0.05) is 0 Å². The van der Waals surface area contributed by atoms with Gasteiger partial charge in [-0.15, -0.1) is 0 Å². The van der Waals surface area contributed by atoms with E-state index in [1.54, 1.807) is 6.07 Å². The summed E-state index contributed by atoms with van der Waals surface area (Å²) in [5.74, 6) is -1.20. The lowest BCUT2D eigenvalue weighted by atomic mass is 10.0. The molecule has 0 aliphatic heterocycles. The number of carbonyl (C=O) groups is 1. The SMILES string of the molecule is COC(=O)c1ccc(F)c(C#N)c1C. The van der Waals surface area contributed by atoms with Gasteiger partial charge in [-0.2, -0.15) is 5.26 Å². The van der Waals surface area contributed by atoms with Crippen molar-refractivity contribution in [2.75, 3.05) is 7.11 Å². The van der Waals surface area contributed by atoms with Crippen molar-refractivity contribution in [3.8, 4) is 6.07 Å². The summed E-state index contributed by atoms with van der Waals surface area (Å²) in [4.78, 5) is 11.2. The van der Waals surface area contributed by atoms with Crippen molar-refractivity contribution in [3.05, 3.63) is 34.6 Å². The Balaban J connectivity index is 3.37. The monoisotopic (exact) mass is 193 g/mol. The van der Waals surface area contributed by atoms with Crippen LogP contribution in [0.5, 0.6) is 0 Å². The average molecular weight is 193 g/mol. The number of rotatable bonds is 1. The fourth-order valence-electron chi connectivity index (χ4n) is 1.15. The molecule has 1 aromatic rings. The van der Waals surface area contributed by atoms with E-state index in [-0.39, 0.29) is 11.1 Å². The summed E-state index contributed by atoms with van der Waals surface area (Å²) in [5.41, 5.74) is 0.401. The van der Waals surface area contributed by atoms with Gasteiger partial charge in [0.15, 0.2) is 0 Å². The molecular formula is C10H8FNO2. The third-order valence-electron chi connectivity index (χ3n) is 1.93. The van der Waals surface area contributed by atoms with Crippen molar-refractivity contribution >= 4 is 5.97 Å². The van der Waals surface area contributed by atoms with Crippen molar-refractivity contribution in [1.29, 1.82) is 5.26 Å². The first-order valence-electron chi connectivity index (χ1n) is 3.89. The van der Waals surface area contributed by atoms with Crippen LogP contribution in [-0.4, -0.2) is 13.1 Å². The van der Waals surface area contributed by atoms with Gasteiger partial charge in [-0.1, -0.05) is 0 Å². The van der Waals surface area contributed by atoms with Crippen LogP contribution in [0.1, 0.15) is 21.5 Å². The van der Waals surface area contributed by atoms with Crippen LogP contribution in [0.15, 0.2) is 12.1 Å². The Morgan fingerprint density at radius 1 is 1.57 bits per heavy atom. The summed E-state index contributed by atoms with van der Waals surface area (Å²) >= 11 is 0. The Morgan fingerprint density at radius 2 is 2.21 bits per heavy atom. The zero-order valence-electron chi connectivity index (χ0n) is 7.80. The molecule has 0 spiro atoms. The van der Waals surface area contributed by atoms with Gasteiger partial charge >= 0.3 is 5.97 Å². The van der Waals surface area contributed by atoms with E-state index < -0.39 is 11.8 Å². The number of hydrogen-bond acceptors (Lipinski definition) is 3. The highest BCUT2D eigenvalue weighted by molar-refractivity contribution is 5.91. The van der Waals surface area contributed by atoms with Crippen molar-refractivity contribution in [3.63, 3.8) is 0 Å². The molecule has 0 saturated carbocycles. The second-order valence-electron chi connectivity index (χ2n) is 2.70. The zero-order valence-corrected chi connectivity index (χ0v) is 7.80. The summed E-state index contributed by atoms with van der Waals surface area (Å²) in [7, 11) is 1.23. The Hall–Kier alpha value is -1.89. The van der Waals surface area contributed by atoms with Gasteiger partial charge in [0.05, 0.1) is 18.2 Å². The first kappa shape index (κ1) is 10.2. The molecule has 0 N–H and O–H groups in total. The van der Waals surface area contributed by atoms with Gasteiger partial charge in [-0.25, -0.2) is 9.18 Å². The molecule has 4 heteroatoms. The van der Waals surface area contributed by atoms with Crippen LogP contribution >= 0.6 is 0 Å². The molecule has 0 radical (unpaired) electrons. The van der Waals surface area contributed by atoms with Crippen molar-refractivity contribution in [2.24, 2.45) is 0 Å². The van der Waals surface area contributed by atoms with Crippen LogP contribution in [-0.2, 0) is 4.74 Å².